The number of ether oxygens (including phenoxy) is 1. The SMILES string of the molecule is CCNC(=NCc1ccnc(OCc2ccccc2)c1)N1CC[C@@H](O)C1. The van der Waals surface area contributed by atoms with Crippen LogP contribution in [-0.4, -0.2) is 46.7 Å². The van der Waals surface area contributed by atoms with E-state index in [2.05, 4.69) is 15.2 Å². The molecular weight excluding hydrogens is 328 g/mol. The zero-order valence-electron chi connectivity index (χ0n) is 15.1. The monoisotopic (exact) mass is 354 g/mol. The molecule has 6 nitrogen and oxygen atoms in total. The lowest BCUT2D eigenvalue weighted by molar-refractivity contribution is 0.188. The first-order valence-corrected chi connectivity index (χ1v) is 9.07. The molecule has 0 unspecified atom stereocenters. The molecule has 1 aromatic carbocycles. The molecule has 0 aliphatic carbocycles. The molecule has 1 aromatic heterocycles. The summed E-state index contributed by atoms with van der Waals surface area (Å²) in [6.45, 7) is 5.34. The molecular formula is C20H26N4O2. The van der Waals surface area contributed by atoms with Crippen LogP contribution in [0.5, 0.6) is 5.88 Å². The highest BCUT2D eigenvalue weighted by Gasteiger charge is 2.22. The summed E-state index contributed by atoms with van der Waals surface area (Å²) in [7, 11) is 0. The Morgan fingerprint density at radius 2 is 2.15 bits per heavy atom. The Morgan fingerprint density at radius 1 is 1.31 bits per heavy atom. The molecule has 1 atom stereocenters. The third-order valence-corrected chi connectivity index (χ3v) is 4.24. The van der Waals surface area contributed by atoms with Gasteiger partial charge in [-0.3, -0.25) is 0 Å². The smallest absolute Gasteiger partial charge is 0.213 e. The van der Waals surface area contributed by atoms with Crippen molar-refractivity contribution in [3.63, 3.8) is 0 Å². The van der Waals surface area contributed by atoms with Gasteiger partial charge in [0.25, 0.3) is 0 Å². The van der Waals surface area contributed by atoms with Crippen LogP contribution in [0, 0.1) is 0 Å². The van der Waals surface area contributed by atoms with E-state index in [4.69, 9.17) is 9.73 Å². The van der Waals surface area contributed by atoms with E-state index in [1.807, 2.05) is 49.4 Å². The first-order valence-electron chi connectivity index (χ1n) is 9.07. The highest BCUT2D eigenvalue weighted by molar-refractivity contribution is 5.80. The van der Waals surface area contributed by atoms with Gasteiger partial charge >= 0.3 is 0 Å². The molecule has 0 spiro atoms. The minimum atomic E-state index is -0.266. The second kappa shape index (κ2) is 9.20. The number of aliphatic imine (C=N–C) groups is 1. The van der Waals surface area contributed by atoms with Crippen LogP contribution < -0.4 is 10.1 Å². The Bertz CT molecular complexity index is 721. The van der Waals surface area contributed by atoms with Gasteiger partial charge in [0.05, 0.1) is 12.6 Å². The number of aromatic nitrogens is 1. The summed E-state index contributed by atoms with van der Waals surface area (Å²) < 4.78 is 5.78. The van der Waals surface area contributed by atoms with Gasteiger partial charge in [-0.1, -0.05) is 30.3 Å². The maximum atomic E-state index is 9.74. The molecule has 1 saturated heterocycles. The molecule has 26 heavy (non-hydrogen) atoms. The van der Waals surface area contributed by atoms with Gasteiger partial charge in [-0.25, -0.2) is 9.98 Å². The van der Waals surface area contributed by atoms with E-state index in [-0.39, 0.29) is 6.10 Å². The lowest BCUT2D eigenvalue weighted by Gasteiger charge is -2.20. The quantitative estimate of drug-likeness (QED) is 0.615. The Kier molecular flexibility index (Phi) is 6.44. The molecule has 0 bridgehead atoms. The Morgan fingerprint density at radius 3 is 2.88 bits per heavy atom. The van der Waals surface area contributed by atoms with E-state index in [1.165, 1.54) is 0 Å². The molecule has 0 radical (unpaired) electrons. The molecule has 2 heterocycles. The third kappa shape index (κ3) is 5.20. The summed E-state index contributed by atoms with van der Waals surface area (Å²) in [6, 6.07) is 13.9. The van der Waals surface area contributed by atoms with Crippen LogP contribution in [0.1, 0.15) is 24.5 Å². The lowest BCUT2D eigenvalue weighted by Crippen LogP contribution is -2.40. The van der Waals surface area contributed by atoms with Crippen molar-refractivity contribution in [2.45, 2.75) is 32.6 Å². The number of benzene rings is 1. The molecule has 0 saturated carbocycles. The van der Waals surface area contributed by atoms with Crippen molar-refractivity contribution in [2.24, 2.45) is 4.99 Å². The first kappa shape index (κ1) is 18.2. The molecule has 2 N–H and O–H groups in total. The fourth-order valence-electron chi connectivity index (χ4n) is 2.89. The Labute approximate surface area is 154 Å². The van der Waals surface area contributed by atoms with Crippen LogP contribution in [0.4, 0.5) is 0 Å². The number of nitrogens with one attached hydrogen (secondary N) is 1. The fraction of sp³-hybridized carbons (Fsp3) is 0.400. The van der Waals surface area contributed by atoms with Crippen molar-refractivity contribution in [3.8, 4) is 5.88 Å². The van der Waals surface area contributed by atoms with Crippen LogP contribution in [-0.2, 0) is 13.2 Å². The summed E-state index contributed by atoms with van der Waals surface area (Å²) in [5.41, 5.74) is 2.15. The van der Waals surface area contributed by atoms with E-state index in [1.54, 1.807) is 6.20 Å². The highest BCUT2D eigenvalue weighted by Crippen LogP contribution is 2.14. The van der Waals surface area contributed by atoms with E-state index < -0.39 is 0 Å². The normalized spacial score (nSPS) is 17.4. The second-order valence-corrected chi connectivity index (χ2v) is 6.34. The third-order valence-electron chi connectivity index (χ3n) is 4.24. The minimum Gasteiger partial charge on any atom is -0.473 e. The maximum Gasteiger partial charge on any atom is 0.213 e. The predicted molar refractivity (Wildman–Crippen MR) is 102 cm³/mol. The number of hydrogen-bond acceptors (Lipinski definition) is 4. The molecule has 3 rings (SSSR count). The summed E-state index contributed by atoms with van der Waals surface area (Å²) in [5.74, 6) is 1.44. The number of hydrogen-bond donors (Lipinski definition) is 2. The molecule has 1 aliphatic rings. The van der Waals surface area contributed by atoms with Gasteiger partial charge in [0.15, 0.2) is 5.96 Å². The van der Waals surface area contributed by atoms with Crippen molar-refractivity contribution in [2.75, 3.05) is 19.6 Å². The van der Waals surface area contributed by atoms with Crippen molar-refractivity contribution < 1.29 is 9.84 Å². The molecule has 1 fully saturated rings. The molecule has 2 aromatic rings. The number of β-amino-alcohol motifs (C(OH)–C–C–N with tert-alkyl or cyclic N) is 1. The van der Waals surface area contributed by atoms with Gasteiger partial charge in [0.1, 0.15) is 6.61 Å². The molecule has 0 amide bonds. The number of nitrogens with zero attached hydrogens (tertiary/aromatic N) is 3. The summed E-state index contributed by atoms with van der Waals surface area (Å²) in [5, 5.41) is 13.0. The number of guanidine groups is 1. The van der Waals surface area contributed by atoms with Gasteiger partial charge < -0.3 is 20.1 Å². The van der Waals surface area contributed by atoms with Gasteiger partial charge in [-0.2, -0.15) is 0 Å². The van der Waals surface area contributed by atoms with Gasteiger partial charge in [0, 0.05) is 31.9 Å². The second-order valence-electron chi connectivity index (χ2n) is 6.34. The van der Waals surface area contributed by atoms with E-state index in [9.17, 15) is 5.11 Å². The number of rotatable bonds is 6. The standard InChI is InChI=1S/C20H26N4O2/c1-2-21-20(24-11-9-18(25)14-24)23-13-17-8-10-22-19(12-17)26-15-16-6-4-3-5-7-16/h3-8,10,12,18,25H,2,9,11,13-15H2,1H3,(H,21,23)/t18-/m1/s1. The average Bonchev–Trinajstić information content (AvgIpc) is 3.11. The van der Waals surface area contributed by atoms with Crippen LogP contribution >= 0.6 is 0 Å². The summed E-state index contributed by atoms with van der Waals surface area (Å²) >= 11 is 0. The van der Waals surface area contributed by atoms with Crippen molar-refractivity contribution >= 4 is 5.96 Å². The fourth-order valence-corrected chi connectivity index (χ4v) is 2.89. The lowest BCUT2D eigenvalue weighted by atomic mass is 10.2. The topological polar surface area (TPSA) is 70.0 Å². The number of aliphatic hydroxyl groups excluding tert-OH is 1. The summed E-state index contributed by atoms with van der Waals surface area (Å²) in [6.07, 6.45) is 2.27. The van der Waals surface area contributed by atoms with Gasteiger partial charge in [-0.05, 0) is 30.5 Å². The predicted octanol–water partition coefficient (Wildman–Crippen LogP) is 2.19. The van der Waals surface area contributed by atoms with E-state index >= 15 is 0 Å². The van der Waals surface area contributed by atoms with Crippen LogP contribution in [0.3, 0.4) is 0 Å². The molecule has 1 aliphatic heterocycles. The number of pyridine rings is 1. The first-order chi connectivity index (χ1) is 12.7. The Balaban J connectivity index is 1.61. The zero-order valence-corrected chi connectivity index (χ0v) is 15.1. The maximum absolute atomic E-state index is 9.74. The van der Waals surface area contributed by atoms with Gasteiger partial charge in [-0.15, -0.1) is 0 Å². The van der Waals surface area contributed by atoms with Crippen molar-refractivity contribution in [1.29, 1.82) is 0 Å². The number of likely N-dealkylation sites (tertiary alicyclic amines) is 1. The van der Waals surface area contributed by atoms with Crippen molar-refractivity contribution in [1.82, 2.24) is 15.2 Å². The highest BCUT2D eigenvalue weighted by atomic mass is 16.5. The van der Waals surface area contributed by atoms with Crippen LogP contribution in [0.25, 0.3) is 0 Å². The molecule has 6 heteroatoms. The van der Waals surface area contributed by atoms with Crippen molar-refractivity contribution in [3.05, 3.63) is 59.8 Å². The molecule has 138 valence electrons. The minimum absolute atomic E-state index is 0.266. The van der Waals surface area contributed by atoms with E-state index in [0.29, 0.717) is 25.6 Å². The van der Waals surface area contributed by atoms with Crippen LogP contribution in [0.15, 0.2) is 53.7 Å². The van der Waals surface area contributed by atoms with Gasteiger partial charge in [0.2, 0.25) is 5.88 Å². The van der Waals surface area contributed by atoms with E-state index in [0.717, 1.165) is 36.6 Å². The number of aliphatic hydroxyl groups is 1. The van der Waals surface area contributed by atoms with Crippen LogP contribution in [0.2, 0.25) is 0 Å². The summed E-state index contributed by atoms with van der Waals surface area (Å²) in [4.78, 5) is 11.1. The average molecular weight is 354 g/mol. The largest absolute Gasteiger partial charge is 0.473 e. The Hall–Kier alpha value is -2.60. The zero-order chi connectivity index (χ0) is 18.2.